The Balaban J connectivity index is 0.000000794. The van der Waals surface area contributed by atoms with E-state index in [1.54, 1.807) is 25.8 Å². The molecule has 0 aromatic carbocycles. The fourth-order valence-electron chi connectivity index (χ4n) is 7.22. The number of ether oxygens (including phenoxy) is 1. The van der Waals surface area contributed by atoms with Gasteiger partial charge in [0.15, 0.2) is 0 Å². The van der Waals surface area contributed by atoms with E-state index in [-0.39, 0.29) is 47.1 Å². The zero-order valence-electron chi connectivity index (χ0n) is 31.3. The second kappa shape index (κ2) is 13.2. The Bertz CT molecular complexity index is 1680. The molecule has 1 N–H and O–H groups in total. The van der Waals surface area contributed by atoms with Gasteiger partial charge in [-0.25, -0.2) is 4.98 Å². The maximum atomic E-state index is 6.52. The van der Waals surface area contributed by atoms with Crippen molar-refractivity contribution in [2.45, 2.75) is 88.7 Å². The summed E-state index contributed by atoms with van der Waals surface area (Å²) in [5, 5.41) is 0. The monoisotopic (exact) mass is 696 g/mol. The van der Waals surface area contributed by atoms with Gasteiger partial charge < -0.3 is 19.7 Å². The van der Waals surface area contributed by atoms with E-state index >= 15 is 0 Å². The molecule has 3 aliphatic heterocycles. The molecule has 250 valence electrons. The second-order valence-corrected chi connectivity index (χ2v) is 16.9. The average molecular weight is 698 g/mol. The van der Waals surface area contributed by atoms with E-state index in [4.69, 9.17) is 24.7 Å². The first-order valence-electron chi connectivity index (χ1n) is 16.6. The quantitative estimate of drug-likeness (QED) is 0.257. The van der Waals surface area contributed by atoms with Crippen LogP contribution in [0.4, 0.5) is 0 Å². The Morgan fingerprint density at radius 1 is 0.688 bits per heavy atom. The number of fused-ring (bicyclic) bond motifs is 6. The summed E-state index contributed by atoms with van der Waals surface area (Å²) in [7, 11) is 1.78. The average Bonchev–Trinajstić information content (AvgIpc) is 3.75. The largest absolute Gasteiger partial charge is 2.00 e. The number of H-pyrrole nitrogens is 1. The maximum Gasteiger partial charge on any atom is 2.00 e. The molecule has 0 amide bonds. The van der Waals surface area contributed by atoms with Crippen molar-refractivity contribution < 1.29 is 24.2 Å². The van der Waals surface area contributed by atoms with Crippen LogP contribution < -0.4 is 9.97 Å². The zero-order chi connectivity index (χ0) is 34.6. The number of aromatic nitrogens is 4. The van der Waals surface area contributed by atoms with E-state index in [0.29, 0.717) is 0 Å². The standard InChI is InChI=1S/C37H48N4O.C3H4N2.Zn/c1-33(2,3)30-22-14-16-24(38-22)31(34(4,5)6)26-18-20-28(40-26)37(42-13,36(10,11)12)29-21-19-27(41-29)32(35(7,8)9)25-17-15-23(30)39-25;1-2-5-3-4-1;/h14-21,30H,1-13H3;1-3H,(H,4,5);/q-2;;+2/b31-24+,32-25?;;. The van der Waals surface area contributed by atoms with Crippen LogP contribution in [0.2, 0.25) is 0 Å². The predicted molar refractivity (Wildman–Crippen MR) is 194 cm³/mol. The first-order valence-corrected chi connectivity index (χ1v) is 16.6. The number of hydrogen-bond donors (Lipinski definition) is 1. The van der Waals surface area contributed by atoms with Gasteiger partial charge in [0, 0.05) is 25.4 Å². The van der Waals surface area contributed by atoms with Crippen LogP contribution in [-0.2, 0) is 29.8 Å². The van der Waals surface area contributed by atoms with Crippen LogP contribution in [0.1, 0.15) is 106 Å². The molecule has 6 rings (SSSR count). The van der Waals surface area contributed by atoms with Gasteiger partial charge in [0.25, 0.3) is 0 Å². The van der Waals surface area contributed by atoms with Crippen molar-refractivity contribution in [2.24, 2.45) is 37.6 Å². The van der Waals surface area contributed by atoms with Crippen LogP contribution in [0.15, 0.2) is 88.7 Å². The molecule has 0 saturated carbocycles. The number of imidazole rings is 1. The fourth-order valence-corrected chi connectivity index (χ4v) is 7.22. The first-order chi connectivity index (χ1) is 21.8. The molecule has 3 aliphatic rings. The van der Waals surface area contributed by atoms with Crippen LogP contribution in [0.25, 0.3) is 11.1 Å². The molecule has 0 fully saturated rings. The van der Waals surface area contributed by atoms with Crippen LogP contribution in [0.5, 0.6) is 0 Å². The summed E-state index contributed by atoms with van der Waals surface area (Å²) in [5.74, 6) is 0.0312. The minimum Gasteiger partial charge on any atom is -0.658 e. The van der Waals surface area contributed by atoms with Crippen molar-refractivity contribution in [3.05, 3.63) is 101 Å². The van der Waals surface area contributed by atoms with E-state index in [9.17, 15) is 0 Å². The summed E-state index contributed by atoms with van der Waals surface area (Å²) < 4.78 is 6.52. The van der Waals surface area contributed by atoms with Crippen molar-refractivity contribution in [2.75, 3.05) is 7.11 Å². The van der Waals surface area contributed by atoms with Gasteiger partial charge in [-0.1, -0.05) is 107 Å². The first kappa shape index (κ1) is 37.5. The van der Waals surface area contributed by atoms with E-state index in [2.05, 4.69) is 142 Å². The molecule has 0 radical (unpaired) electrons. The van der Waals surface area contributed by atoms with Crippen molar-refractivity contribution in [3.63, 3.8) is 0 Å². The SMILES string of the molecule is COC1(C(C)(C)C)c2ccc([n-]2)C(C(C)(C)C)=C2C=CC(=N2)C(C(C)(C)C)C2=N/C(=C(/C(C)(C)C)c3ccc1[n-]3)C=C2.[Zn+2].c1c[nH]cn1. The molecule has 48 heavy (non-hydrogen) atoms. The Hall–Kier alpha value is -3.35. The zero-order valence-corrected chi connectivity index (χ0v) is 34.2. The van der Waals surface area contributed by atoms with Gasteiger partial charge in [0.2, 0.25) is 0 Å². The number of hydrogen-bond acceptors (Lipinski definition) is 4. The molecule has 8 bridgehead atoms. The summed E-state index contributed by atoms with van der Waals surface area (Å²) >= 11 is 0. The number of nitrogens with one attached hydrogen (secondary N) is 1. The van der Waals surface area contributed by atoms with Crippen LogP contribution in [0, 0.1) is 27.6 Å². The molecule has 3 aromatic heterocycles. The molecule has 2 atom stereocenters. The van der Waals surface area contributed by atoms with Gasteiger partial charge in [-0.05, 0) is 57.1 Å². The van der Waals surface area contributed by atoms with Crippen LogP contribution in [-0.4, -0.2) is 28.5 Å². The third kappa shape index (κ3) is 6.89. The summed E-state index contributed by atoms with van der Waals surface area (Å²) in [5.41, 5.74) is 8.13. The van der Waals surface area contributed by atoms with Gasteiger partial charge >= 0.3 is 19.5 Å². The Labute approximate surface area is 300 Å². The summed E-state index contributed by atoms with van der Waals surface area (Å²) in [6.07, 6.45) is 13.8. The van der Waals surface area contributed by atoms with Gasteiger partial charge in [-0.3, -0.25) is 9.98 Å². The summed E-state index contributed by atoms with van der Waals surface area (Å²) in [4.78, 5) is 27.7. The third-order valence-corrected chi connectivity index (χ3v) is 9.07. The van der Waals surface area contributed by atoms with Gasteiger partial charge in [-0.2, -0.15) is 0 Å². The van der Waals surface area contributed by atoms with E-state index < -0.39 is 5.60 Å². The van der Waals surface area contributed by atoms with Crippen LogP contribution >= 0.6 is 0 Å². The number of allylic oxidation sites excluding steroid dienone is 6. The fraction of sp³-hybridized carbons (Fsp3) is 0.475. The van der Waals surface area contributed by atoms with E-state index in [1.807, 2.05) is 0 Å². The molecule has 0 spiro atoms. The van der Waals surface area contributed by atoms with E-state index in [0.717, 1.165) is 56.7 Å². The minimum absolute atomic E-state index is 0. The normalized spacial score (nSPS) is 22.6. The van der Waals surface area contributed by atoms with Crippen molar-refractivity contribution >= 4 is 22.6 Å². The summed E-state index contributed by atoms with van der Waals surface area (Å²) in [6, 6.07) is 8.49. The number of methoxy groups -OCH3 is 1. The topological polar surface area (TPSA) is 90.8 Å². The third-order valence-electron chi connectivity index (χ3n) is 9.07. The van der Waals surface area contributed by atoms with Gasteiger partial charge in [-0.15, -0.1) is 22.8 Å². The molecule has 2 unspecified atom stereocenters. The molecular weight excluding hydrogens is 646 g/mol. The molecule has 3 aromatic rings. The number of nitrogens with zero attached hydrogens (tertiary/aromatic N) is 5. The number of aromatic amines is 1. The maximum absolute atomic E-state index is 6.52. The minimum atomic E-state index is -0.862. The molecule has 0 aliphatic carbocycles. The summed E-state index contributed by atoms with van der Waals surface area (Å²) in [6.45, 7) is 26.8. The molecule has 0 saturated heterocycles. The second-order valence-electron chi connectivity index (χ2n) is 16.9. The Morgan fingerprint density at radius 3 is 1.44 bits per heavy atom. The smallest absolute Gasteiger partial charge is 0.658 e. The molecule has 8 heteroatoms. The predicted octanol–water partition coefficient (Wildman–Crippen LogP) is 9.16. The molecular formula is C40H52N6OZn. The van der Waals surface area contributed by atoms with Crippen molar-refractivity contribution in [1.29, 1.82) is 0 Å². The van der Waals surface area contributed by atoms with Gasteiger partial charge in [0.05, 0.1) is 34.7 Å². The van der Waals surface area contributed by atoms with Gasteiger partial charge in [0.1, 0.15) is 0 Å². The Morgan fingerprint density at radius 2 is 1.15 bits per heavy atom. The van der Waals surface area contributed by atoms with E-state index in [1.165, 1.54) is 0 Å². The van der Waals surface area contributed by atoms with Crippen molar-refractivity contribution in [1.82, 2.24) is 19.9 Å². The van der Waals surface area contributed by atoms with Crippen LogP contribution in [0.3, 0.4) is 0 Å². The number of aliphatic imine (C=N–C) groups is 2. The van der Waals surface area contributed by atoms with Crippen molar-refractivity contribution in [3.8, 4) is 0 Å². The molecule has 7 nitrogen and oxygen atoms in total. The molecule has 6 heterocycles. The Kier molecular flexibility index (Phi) is 10.3. The number of rotatable bonds is 1.